The predicted molar refractivity (Wildman–Crippen MR) is 75.8 cm³/mol. The number of benzene rings is 1. The van der Waals surface area contributed by atoms with Crippen LogP contribution in [0.4, 0.5) is 5.69 Å². The van der Waals surface area contributed by atoms with Crippen molar-refractivity contribution in [2.75, 3.05) is 5.32 Å². The van der Waals surface area contributed by atoms with E-state index >= 15 is 0 Å². The number of aryl methyl sites for hydroxylation is 1. The van der Waals surface area contributed by atoms with Gasteiger partial charge in [-0.05, 0) is 30.5 Å². The molecule has 3 nitrogen and oxygen atoms in total. The van der Waals surface area contributed by atoms with Gasteiger partial charge in [0, 0.05) is 18.4 Å². The summed E-state index contributed by atoms with van der Waals surface area (Å²) in [5, 5.41) is 7.79. The van der Waals surface area contributed by atoms with Gasteiger partial charge in [-0.3, -0.25) is 4.68 Å². The van der Waals surface area contributed by atoms with Gasteiger partial charge in [-0.1, -0.05) is 32.0 Å². The first-order valence-electron chi connectivity index (χ1n) is 6.55. The Morgan fingerprint density at radius 1 is 1.22 bits per heavy atom. The Balaban J connectivity index is 2.11. The maximum absolute atomic E-state index is 4.28. The van der Waals surface area contributed by atoms with E-state index in [9.17, 15) is 0 Å². The summed E-state index contributed by atoms with van der Waals surface area (Å²) in [6.45, 7) is 8.28. The second-order valence-electron chi connectivity index (χ2n) is 4.73. The first-order valence-corrected chi connectivity index (χ1v) is 6.55. The van der Waals surface area contributed by atoms with Crippen molar-refractivity contribution in [3.8, 4) is 0 Å². The smallest absolute Gasteiger partial charge is 0.0575 e. The zero-order chi connectivity index (χ0) is 13.0. The van der Waals surface area contributed by atoms with Gasteiger partial charge in [0.2, 0.25) is 0 Å². The molecule has 18 heavy (non-hydrogen) atoms. The highest BCUT2D eigenvalue weighted by Crippen LogP contribution is 2.24. The normalized spacial score (nSPS) is 10.9. The molecule has 1 heterocycles. The molecule has 0 aliphatic carbocycles. The zero-order valence-electron chi connectivity index (χ0n) is 11.4. The molecule has 3 heteroatoms. The summed E-state index contributed by atoms with van der Waals surface area (Å²) in [6, 6.07) is 10.6. The van der Waals surface area contributed by atoms with E-state index in [1.54, 1.807) is 0 Å². The fraction of sp³-hybridized carbons (Fsp3) is 0.400. The molecule has 0 atom stereocenters. The van der Waals surface area contributed by atoms with Crippen LogP contribution in [0.25, 0.3) is 0 Å². The van der Waals surface area contributed by atoms with Gasteiger partial charge < -0.3 is 5.32 Å². The van der Waals surface area contributed by atoms with E-state index in [2.05, 4.69) is 61.5 Å². The van der Waals surface area contributed by atoms with Crippen LogP contribution < -0.4 is 5.32 Å². The van der Waals surface area contributed by atoms with E-state index in [1.165, 1.54) is 16.9 Å². The molecule has 2 rings (SSSR count). The summed E-state index contributed by atoms with van der Waals surface area (Å²) in [5.41, 5.74) is 3.80. The summed E-state index contributed by atoms with van der Waals surface area (Å²) in [6.07, 6.45) is 1.86. The largest absolute Gasteiger partial charge is 0.379 e. The molecular formula is C15H21N3. The average Bonchev–Trinajstić information content (AvgIpc) is 2.84. The van der Waals surface area contributed by atoms with Gasteiger partial charge in [0.15, 0.2) is 0 Å². The monoisotopic (exact) mass is 243 g/mol. The summed E-state index contributed by atoms with van der Waals surface area (Å²) >= 11 is 0. The molecule has 0 unspecified atom stereocenters. The van der Waals surface area contributed by atoms with Crippen LogP contribution in [0.2, 0.25) is 0 Å². The highest BCUT2D eigenvalue weighted by molar-refractivity contribution is 5.52. The van der Waals surface area contributed by atoms with Gasteiger partial charge in [-0.25, -0.2) is 0 Å². The summed E-state index contributed by atoms with van der Waals surface area (Å²) < 4.78 is 2.02. The number of hydrogen-bond donors (Lipinski definition) is 1. The lowest BCUT2D eigenvalue weighted by atomic mass is 10.0. The number of anilines is 1. The van der Waals surface area contributed by atoms with Crippen LogP contribution in [0.5, 0.6) is 0 Å². The van der Waals surface area contributed by atoms with Gasteiger partial charge in [-0.2, -0.15) is 5.10 Å². The minimum atomic E-state index is 0.532. The van der Waals surface area contributed by atoms with Crippen LogP contribution in [-0.4, -0.2) is 9.78 Å². The number of hydrogen-bond acceptors (Lipinski definition) is 2. The van der Waals surface area contributed by atoms with Crippen molar-refractivity contribution in [2.45, 2.75) is 39.8 Å². The van der Waals surface area contributed by atoms with Crippen molar-refractivity contribution in [3.63, 3.8) is 0 Å². The Kier molecular flexibility index (Phi) is 4.03. The van der Waals surface area contributed by atoms with E-state index in [4.69, 9.17) is 0 Å². The fourth-order valence-corrected chi connectivity index (χ4v) is 2.14. The lowest BCUT2D eigenvalue weighted by Crippen LogP contribution is -2.09. The lowest BCUT2D eigenvalue weighted by Gasteiger charge is -2.14. The zero-order valence-corrected chi connectivity index (χ0v) is 11.4. The van der Waals surface area contributed by atoms with E-state index in [0.717, 1.165) is 13.1 Å². The SMILES string of the molecule is CCn1nccc1CNc1ccccc1C(C)C. The molecular weight excluding hydrogens is 222 g/mol. The number of nitrogens with zero attached hydrogens (tertiary/aromatic N) is 2. The summed E-state index contributed by atoms with van der Waals surface area (Å²) in [4.78, 5) is 0. The van der Waals surface area contributed by atoms with Crippen molar-refractivity contribution >= 4 is 5.69 Å². The number of para-hydroxylation sites is 1. The maximum Gasteiger partial charge on any atom is 0.0575 e. The average molecular weight is 243 g/mol. The molecule has 0 aliphatic heterocycles. The number of rotatable bonds is 5. The third kappa shape index (κ3) is 2.73. The molecule has 0 amide bonds. The van der Waals surface area contributed by atoms with Gasteiger partial charge >= 0.3 is 0 Å². The van der Waals surface area contributed by atoms with Crippen LogP contribution in [0, 0.1) is 0 Å². The Hall–Kier alpha value is -1.77. The van der Waals surface area contributed by atoms with Crippen molar-refractivity contribution in [2.24, 2.45) is 0 Å². The summed E-state index contributed by atoms with van der Waals surface area (Å²) in [5.74, 6) is 0.532. The second-order valence-corrected chi connectivity index (χ2v) is 4.73. The van der Waals surface area contributed by atoms with Crippen LogP contribution >= 0.6 is 0 Å². The van der Waals surface area contributed by atoms with Crippen LogP contribution in [-0.2, 0) is 13.1 Å². The molecule has 0 fully saturated rings. The summed E-state index contributed by atoms with van der Waals surface area (Å²) in [7, 11) is 0. The Morgan fingerprint density at radius 3 is 2.72 bits per heavy atom. The predicted octanol–water partition coefficient (Wildman–Crippen LogP) is 3.64. The van der Waals surface area contributed by atoms with Crippen LogP contribution in [0.1, 0.15) is 37.9 Å². The first-order chi connectivity index (χ1) is 8.72. The van der Waals surface area contributed by atoms with Gasteiger partial charge in [0.25, 0.3) is 0 Å². The van der Waals surface area contributed by atoms with Gasteiger partial charge in [-0.15, -0.1) is 0 Å². The highest BCUT2D eigenvalue weighted by Gasteiger charge is 2.06. The molecule has 0 spiro atoms. The molecule has 0 saturated carbocycles. The van der Waals surface area contributed by atoms with Gasteiger partial charge in [0.05, 0.1) is 12.2 Å². The van der Waals surface area contributed by atoms with Crippen molar-refractivity contribution < 1.29 is 0 Å². The van der Waals surface area contributed by atoms with E-state index < -0.39 is 0 Å². The maximum atomic E-state index is 4.28. The highest BCUT2D eigenvalue weighted by atomic mass is 15.3. The minimum absolute atomic E-state index is 0.532. The standard InChI is InChI=1S/C15H21N3/c1-4-18-13(9-10-17-18)11-16-15-8-6-5-7-14(15)12(2)3/h5-10,12,16H,4,11H2,1-3H3. The molecule has 1 aromatic heterocycles. The minimum Gasteiger partial charge on any atom is -0.379 e. The van der Waals surface area contributed by atoms with Crippen LogP contribution in [0.3, 0.4) is 0 Å². The Labute approximate surface area is 109 Å². The second kappa shape index (κ2) is 5.71. The molecule has 0 aliphatic rings. The van der Waals surface area contributed by atoms with Crippen LogP contribution in [0.15, 0.2) is 36.5 Å². The molecule has 96 valence electrons. The first kappa shape index (κ1) is 12.7. The molecule has 1 aromatic carbocycles. The molecule has 0 bridgehead atoms. The topological polar surface area (TPSA) is 29.9 Å². The van der Waals surface area contributed by atoms with Crippen molar-refractivity contribution in [3.05, 3.63) is 47.8 Å². The Morgan fingerprint density at radius 2 is 2.00 bits per heavy atom. The van der Waals surface area contributed by atoms with E-state index in [0.29, 0.717) is 5.92 Å². The molecule has 0 saturated heterocycles. The van der Waals surface area contributed by atoms with Crippen molar-refractivity contribution in [1.82, 2.24) is 9.78 Å². The van der Waals surface area contributed by atoms with Gasteiger partial charge in [0.1, 0.15) is 0 Å². The third-order valence-corrected chi connectivity index (χ3v) is 3.15. The van der Waals surface area contributed by atoms with E-state index in [-0.39, 0.29) is 0 Å². The van der Waals surface area contributed by atoms with E-state index in [1.807, 2.05) is 10.9 Å². The molecule has 0 radical (unpaired) electrons. The number of aromatic nitrogens is 2. The molecule has 1 N–H and O–H groups in total. The number of nitrogens with one attached hydrogen (secondary N) is 1. The Bertz CT molecular complexity index is 500. The molecule has 2 aromatic rings. The quantitative estimate of drug-likeness (QED) is 0.869. The fourth-order valence-electron chi connectivity index (χ4n) is 2.14. The van der Waals surface area contributed by atoms with Crippen molar-refractivity contribution in [1.29, 1.82) is 0 Å². The lowest BCUT2D eigenvalue weighted by molar-refractivity contribution is 0.627. The third-order valence-electron chi connectivity index (χ3n) is 3.15.